The Hall–Kier alpha value is -1.94. The lowest BCUT2D eigenvalue weighted by molar-refractivity contribution is -0.385. The maximum absolute atomic E-state index is 13.9. The monoisotopic (exact) mass is 326 g/mol. The second-order valence-corrected chi connectivity index (χ2v) is 4.94. The number of terminal acetylenes is 1. The molecule has 1 heterocycles. The molecule has 1 saturated heterocycles. The van der Waals surface area contributed by atoms with Crippen LogP contribution in [0.15, 0.2) is 16.6 Å². The molecule has 19 heavy (non-hydrogen) atoms. The molecule has 1 atom stereocenters. The first-order chi connectivity index (χ1) is 8.93. The molecule has 2 rings (SSSR count). The molecule has 1 fully saturated rings. The molecule has 0 spiro atoms. The first-order valence-electron chi connectivity index (χ1n) is 5.34. The molecule has 1 amide bonds. The summed E-state index contributed by atoms with van der Waals surface area (Å²) < 4.78 is 14.1. The second-order valence-electron chi connectivity index (χ2n) is 4.09. The van der Waals surface area contributed by atoms with Gasteiger partial charge in [0.25, 0.3) is 5.69 Å². The lowest BCUT2D eigenvalue weighted by atomic mass is 10.1. The smallest absolute Gasteiger partial charge is 0.273 e. The number of carbonyl (C=O) groups excluding carboxylic acids is 1. The third kappa shape index (κ3) is 2.44. The second kappa shape index (κ2) is 4.97. The minimum Gasteiger partial charge on any atom is -0.307 e. The third-order valence-corrected chi connectivity index (χ3v) is 3.45. The molecule has 1 aliphatic heterocycles. The zero-order chi connectivity index (χ0) is 14.2. The van der Waals surface area contributed by atoms with Gasteiger partial charge in [-0.25, -0.2) is 4.39 Å². The predicted octanol–water partition coefficient (Wildman–Crippen LogP) is 2.48. The molecule has 0 aromatic heterocycles. The number of non-ortho nitro benzene ring substituents is 1. The number of hydrogen-bond donors (Lipinski definition) is 0. The van der Waals surface area contributed by atoms with Gasteiger partial charge in [0.1, 0.15) is 0 Å². The van der Waals surface area contributed by atoms with Gasteiger partial charge >= 0.3 is 0 Å². The van der Waals surface area contributed by atoms with Crippen LogP contribution in [0.1, 0.15) is 6.42 Å². The molecule has 0 bridgehead atoms. The van der Waals surface area contributed by atoms with Crippen LogP contribution in [0.4, 0.5) is 15.8 Å². The van der Waals surface area contributed by atoms with Crippen molar-refractivity contribution in [3.63, 3.8) is 0 Å². The average molecular weight is 327 g/mol. The molecular weight excluding hydrogens is 319 g/mol. The van der Waals surface area contributed by atoms with E-state index in [-0.39, 0.29) is 40.6 Å². The molecule has 5 nitrogen and oxygen atoms in total. The highest BCUT2D eigenvalue weighted by atomic mass is 79.9. The lowest BCUT2D eigenvalue weighted by Crippen LogP contribution is -2.26. The Kier molecular flexibility index (Phi) is 3.53. The first kappa shape index (κ1) is 13.5. The molecule has 1 unspecified atom stereocenters. The van der Waals surface area contributed by atoms with Crippen LogP contribution in [0.3, 0.4) is 0 Å². The summed E-state index contributed by atoms with van der Waals surface area (Å²) in [4.78, 5) is 22.9. The Morgan fingerprint density at radius 3 is 2.74 bits per heavy atom. The van der Waals surface area contributed by atoms with E-state index in [2.05, 4.69) is 21.9 Å². The van der Waals surface area contributed by atoms with Gasteiger partial charge in [0.2, 0.25) is 5.91 Å². The lowest BCUT2D eigenvalue weighted by Gasteiger charge is -2.18. The summed E-state index contributed by atoms with van der Waals surface area (Å²) in [5, 5.41) is 10.6. The van der Waals surface area contributed by atoms with Gasteiger partial charge in [-0.1, -0.05) is 0 Å². The summed E-state index contributed by atoms with van der Waals surface area (Å²) in [5.74, 6) is 1.06. The molecule has 0 saturated carbocycles. The molecule has 1 aromatic carbocycles. The van der Waals surface area contributed by atoms with Crippen molar-refractivity contribution >= 4 is 33.2 Å². The molecule has 0 radical (unpaired) electrons. The van der Waals surface area contributed by atoms with E-state index in [1.807, 2.05) is 0 Å². The van der Waals surface area contributed by atoms with Gasteiger partial charge in [0.15, 0.2) is 5.82 Å². The topological polar surface area (TPSA) is 63.5 Å². The zero-order valence-electron chi connectivity index (χ0n) is 9.60. The Labute approximate surface area is 116 Å². The number of benzene rings is 1. The van der Waals surface area contributed by atoms with E-state index in [1.165, 1.54) is 4.90 Å². The van der Waals surface area contributed by atoms with Crippen LogP contribution in [0.25, 0.3) is 0 Å². The van der Waals surface area contributed by atoms with E-state index in [4.69, 9.17) is 6.42 Å². The van der Waals surface area contributed by atoms with Crippen LogP contribution < -0.4 is 4.90 Å². The summed E-state index contributed by atoms with van der Waals surface area (Å²) >= 11 is 3.06. The normalized spacial score (nSPS) is 18.5. The van der Waals surface area contributed by atoms with E-state index in [0.29, 0.717) is 0 Å². The van der Waals surface area contributed by atoms with Crippen LogP contribution >= 0.6 is 15.9 Å². The molecule has 1 aliphatic rings. The van der Waals surface area contributed by atoms with E-state index in [0.717, 1.165) is 12.1 Å². The fraction of sp³-hybridized carbons (Fsp3) is 0.250. The van der Waals surface area contributed by atoms with Gasteiger partial charge in [-0.05, 0) is 15.9 Å². The zero-order valence-corrected chi connectivity index (χ0v) is 11.2. The first-order valence-corrected chi connectivity index (χ1v) is 6.13. The Morgan fingerprint density at radius 1 is 1.58 bits per heavy atom. The van der Waals surface area contributed by atoms with Crippen molar-refractivity contribution in [1.29, 1.82) is 0 Å². The predicted molar refractivity (Wildman–Crippen MR) is 70.0 cm³/mol. The van der Waals surface area contributed by atoms with Crippen molar-refractivity contribution in [2.75, 3.05) is 11.4 Å². The summed E-state index contributed by atoms with van der Waals surface area (Å²) in [7, 11) is 0. The standard InChI is InChI=1S/C12H8BrFN2O3/c1-2-7-3-11(17)15(6-7)12-9(13)4-8(16(18)19)5-10(12)14/h1,4-5,7H,3,6H2. The highest BCUT2D eigenvalue weighted by Crippen LogP contribution is 2.36. The van der Waals surface area contributed by atoms with Crippen LogP contribution in [0.5, 0.6) is 0 Å². The number of halogens is 2. The Morgan fingerprint density at radius 2 is 2.26 bits per heavy atom. The van der Waals surface area contributed by atoms with Gasteiger partial charge in [-0.2, -0.15) is 0 Å². The molecule has 98 valence electrons. The van der Waals surface area contributed by atoms with Gasteiger partial charge in [0, 0.05) is 24.9 Å². The van der Waals surface area contributed by atoms with E-state index in [9.17, 15) is 19.3 Å². The number of nitro groups is 1. The minimum absolute atomic E-state index is 0.00616. The number of carbonyl (C=O) groups is 1. The Balaban J connectivity index is 2.44. The number of nitrogens with zero attached hydrogens (tertiary/aromatic N) is 2. The van der Waals surface area contributed by atoms with E-state index in [1.54, 1.807) is 0 Å². The van der Waals surface area contributed by atoms with Crippen molar-refractivity contribution < 1.29 is 14.1 Å². The highest BCUT2D eigenvalue weighted by molar-refractivity contribution is 9.10. The molecule has 7 heteroatoms. The molecule has 0 N–H and O–H groups in total. The molecular formula is C12H8BrFN2O3. The number of nitro benzene ring substituents is 1. The quantitative estimate of drug-likeness (QED) is 0.476. The van der Waals surface area contributed by atoms with E-state index >= 15 is 0 Å². The largest absolute Gasteiger partial charge is 0.307 e. The van der Waals surface area contributed by atoms with Crippen molar-refractivity contribution in [1.82, 2.24) is 0 Å². The minimum atomic E-state index is -0.827. The SMILES string of the molecule is C#CC1CC(=O)N(c2c(F)cc([N+](=O)[O-])cc2Br)C1. The summed E-state index contributed by atoms with van der Waals surface area (Å²) in [5.41, 5.74) is -0.387. The van der Waals surface area contributed by atoms with Gasteiger partial charge < -0.3 is 4.90 Å². The number of amides is 1. The summed E-state index contributed by atoms with van der Waals surface area (Å²) in [6, 6.07) is 1.95. The average Bonchev–Trinajstić information content (AvgIpc) is 2.70. The van der Waals surface area contributed by atoms with Crippen LogP contribution in [-0.2, 0) is 4.79 Å². The van der Waals surface area contributed by atoms with Crippen LogP contribution in [0, 0.1) is 34.2 Å². The van der Waals surface area contributed by atoms with Crippen molar-refractivity contribution in [2.24, 2.45) is 5.92 Å². The number of anilines is 1. The number of rotatable bonds is 2. The van der Waals surface area contributed by atoms with Crippen molar-refractivity contribution in [2.45, 2.75) is 6.42 Å². The van der Waals surface area contributed by atoms with E-state index < -0.39 is 10.7 Å². The molecule has 0 aliphatic carbocycles. The maximum atomic E-state index is 13.9. The van der Waals surface area contributed by atoms with Gasteiger partial charge in [0.05, 0.1) is 21.1 Å². The van der Waals surface area contributed by atoms with Crippen LogP contribution in [-0.4, -0.2) is 17.4 Å². The number of hydrogen-bond acceptors (Lipinski definition) is 3. The Bertz CT molecular complexity index is 588. The highest BCUT2D eigenvalue weighted by Gasteiger charge is 2.33. The third-order valence-electron chi connectivity index (χ3n) is 2.84. The summed E-state index contributed by atoms with van der Waals surface area (Å²) in [6.07, 6.45) is 5.40. The van der Waals surface area contributed by atoms with Gasteiger partial charge in [-0.3, -0.25) is 14.9 Å². The fourth-order valence-corrected chi connectivity index (χ4v) is 2.59. The molecule has 1 aromatic rings. The maximum Gasteiger partial charge on any atom is 0.273 e. The van der Waals surface area contributed by atoms with Crippen LogP contribution in [0.2, 0.25) is 0 Å². The van der Waals surface area contributed by atoms with Gasteiger partial charge in [-0.15, -0.1) is 12.3 Å². The fourth-order valence-electron chi connectivity index (χ4n) is 1.95. The van der Waals surface area contributed by atoms with Crippen molar-refractivity contribution in [3.05, 3.63) is 32.5 Å². The van der Waals surface area contributed by atoms with Crippen molar-refractivity contribution in [3.8, 4) is 12.3 Å². The summed E-state index contributed by atoms with van der Waals surface area (Å²) in [6.45, 7) is 0.211.